The summed E-state index contributed by atoms with van der Waals surface area (Å²) in [5.74, 6) is 1.77. The van der Waals surface area contributed by atoms with Crippen LogP contribution in [-0.2, 0) is 6.54 Å². The zero-order chi connectivity index (χ0) is 12.3. The zero-order valence-electron chi connectivity index (χ0n) is 9.53. The van der Waals surface area contributed by atoms with E-state index in [0.29, 0.717) is 29.1 Å². The molecule has 2 aromatic rings. The van der Waals surface area contributed by atoms with Gasteiger partial charge < -0.3 is 14.5 Å². The van der Waals surface area contributed by atoms with Crippen molar-refractivity contribution in [1.82, 2.24) is 10.2 Å². The molecule has 0 atom stereocenters. The second kappa shape index (κ2) is 5.05. The third kappa shape index (κ3) is 2.88. The number of rotatable bonds is 4. The first-order valence-corrected chi connectivity index (χ1v) is 5.43. The molecule has 0 saturated heterocycles. The van der Waals surface area contributed by atoms with Crippen molar-refractivity contribution in [2.75, 3.05) is 12.4 Å². The molecule has 0 aliphatic rings. The Morgan fingerprint density at radius 1 is 1.41 bits per heavy atom. The van der Waals surface area contributed by atoms with Crippen molar-refractivity contribution in [1.29, 1.82) is 0 Å². The third-order valence-corrected chi connectivity index (χ3v) is 2.39. The van der Waals surface area contributed by atoms with Gasteiger partial charge in [-0.1, -0.05) is 11.6 Å². The Morgan fingerprint density at radius 2 is 2.24 bits per heavy atom. The van der Waals surface area contributed by atoms with Crippen LogP contribution in [0.15, 0.2) is 22.6 Å². The van der Waals surface area contributed by atoms with Gasteiger partial charge >= 0.3 is 0 Å². The monoisotopic (exact) mass is 253 g/mol. The maximum atomic E-state index is 5.91. The van der Waals surface area contributed by atoms with Crippen molar-refractivity contribution in [3.63, 3.8) is 0 Å². The topological polar surface area (TPSA) is 60.2 Å². The van der Waals surface area contributed by atoms with Crippen molar-refractivity contribution in [2.24, 2.45) is 0 Å². The fourth-order valence-electron chi connectivity index (χ4n) is 1.40. The summed E-state index contributed by atoms with van der Waals surface area (Å²) in [7, 11) is 1.60. The highest BCUT2D eigenvalue weighted by molar-refractivity contribution is 6.30. The first-order chi connectivity index (χ1) is 8.19. The summed E-state index contributed by atoms with van der Waals surface area (Å²) in [6, 6.07) is 5.34. The van der Waals surface area contributed by atoms with E-state index < -0.39 is 0 Å². The standard InChI is InChI=1S/C11H12ClN3O2/c1-7-14-15-11(17-7)6-13-9-5-8(12)3-4-10(9)16-2/h3-5,13H,6H2,1-2H3. The molecule has 6 heteroatoms. The molecule has 0 amide bonds. The minimum absolute atomic E-state index is 0.428. The molecule has 0 unspecified atom stereocenters. The van der Waals surface area contributed by atoms with Crippen LogP contribution in [0.25, 0.3) is 0 Å². The highest BCUT2D eigenvalue weighted by Gasteiger charge is 2.06. The Bertz CT molecular complexity index is 513. The van der Waals surface area contributed by atoms with Gasteiger partial charge in [-0.25, -0.2) is 0 Å². The molecule has 2 rings (SSSR count). The Hall–Kier alpha value is -1.75. The highest BCUT2D eigenvalue weighted by Crippen LogP contribution is 2.27. The average molecular weight is 254 g/mol. The number of benzene rings is 1. The lowest BCUT2D eigenvalue weighted by atomic mass is 10.3. The number of aromatic nitrogens is 2. The van der Waals surface area contributed by atoms with Crippen LogP contribution in [-0.4, -0.2) is 17.3 Å². The summed E-state index contributed by atoms with van der Waals surface area (Å²) in [6.07, 6.45) is 0. The molecule has 0 spiro atoms. The fraction of sp³-hybridized carbons (Fsp3) is 0.273. The van der Waals surface area contributed by atoms with Crippen LogP contribution in [0.1, 0.15) is 11.8 Å². The molecule has 0 aliphatic carbocycles. The minimum Gasteiger partial charge on any atom is -0.495 e. The van der Waals surface area contributed by atoms with Crippen LogP contribution in [0.2, 0.25) is 5.02 Å². The summed E-state index contributed by atoms with van der Waals surface area (Å²) in [5, 5.41) is 11.4. The van der Waals surface area contributed by atoms with Crippen LogP contribution < -0.4 is 10.1 Å². The molecule has 0 bridgehead atoms. The van der Waals surface area contributed by atoms with E-state index >= 15 is 0 Å². The van der Waals surface area contributed by atoms with Crippen molar-refractivity contribution < 1.29 is 9.15 Å². The molecule has 0 saturated carbocycles. The smallest absolute Gasteiger partial charge is 0.235 e. The number of halogens is 1. The lowest BCUT2D eigenvalue weighted by Gasteiger charge is -2.09. The second-order valence-corrected chi connectivity index (χ2v) is 3.85. The molecule has 0 aliphatic heterocycles. The van der Waals surface area contributed by atoms with E-state index in [1.165, 1.54) is 0 Å². The van der Waals surface area contributed by atoms with Crippen molar-refractivity contribution in [2.45, 2.75) is 13.5 Å². The lowest BCUT2D eigenvalue weighted by Crippen LogP contribution is -2.01. The third-order valence-electron chi connectivity index (χ3n) is 2.16. The van der Waals surface area contributed by atoms with Gasteiger partial charge in [0.1, 0.15) is 5.75 Å². The number of methoxy groups -OCH3 is 1. The van der Waals surface area contributed by atoms with Crippen molar-refractivity contribution in [3.8, 4) is 5.75 Å². The van der Waals surface area contributed by atoms with Crippen LogP contribution in [0, 0.1) is 6.92 Å². The Balaban J connectivity index is 2.10. The van der Waals surface area contributed by atoms with E-state index in [9.17, 15) is 0 Å². The van der Waals surface area contributed by atoms with Gasteiger partial charge in [-0.2, -0.15) is 0 Å². The van der Waals surface area contributed by atoms with E-state index in [-0.39, 0.29) is 0 Å². The van der Waals surface area contributed by atoms with Gasteiger partial charge in [-0.05, 0) is 18.2 Å². The Kier molecular flexibility index (Phi) is 3.49. The number of aryl methyl sites for hydroxylation is 1. The molecule has 17 heavy (non-hydrogen) atoms. The molecular formula is C11H12ClN3O2. The van der Waals surface area contributed by atoms with E-state index in [4.69, 9.17) is 20.8 Å². The van der Waals surface area contributed by atoms with Crippen LogP contribution in [0.3, 0.4) is 0 Å². The molecule has 1 aromatic heterocycles. The van der Waals surface area contributed by atoms with Gasteiger partial charge in [0.05, 0.1) is 19.3 Å². The van der Waals surface area contributed by atoms with Crippen LogP contribution >= 0.6 is 11.6 Å². The van der Waals surface area contributed by atoms with Gasteiger partial charge in [-0.15, -0.1) is 10.2 Å². The molecule has 1 N–H and O–H groups in total. The summed E-state index contributed by atoms with van der Waals surface area (Å²) in [4.78, 5) is 0. The summed E-state index contributed by atoms with van der Waals surface area (Å²) in [6.45, 7) is 2.17. The first-order valence-electron chi connectivity index (χ1n) is 5.05. The normalized spacial score (nSPS) is 10.3. The van der Waals surface area contributed by atoms with Crippen molar-refractivity contribution >= 4 is 17.3 Å². The molecule has 1 aromatic carbocycles. The van der Waals surface area contributed by atoms with E-state index in [1.807, 2.05) is 0 Å². The van der Waals surface area contributed by atoms with E-state index in [1.54, 1.807) is 32.2 Å². The van der Waals surface area contributed by atoms with E-state index in [0.717, 1.165) is 5.69 Å². The van der Waals surface area contributed by atoms with Crippen LogP contribution in [0.5, 0.6) is 5.75 Å². The summed E-state index contributed by atoms with van der Waals surface area (Å²) < 4.78 is 10.5. The number of ether oxygens (including phenoxy) is 1. The number of anilines is 1. The number of nitrogens with one attached hydrogen (secondary N) is 1. The van der Waals surface area contributed by atoms with Gasteiger partial charge in [0.25, 0.3) is 0 Å². The molecule has 0 radical (unpaired) electrons. The molecule has 5 nitrogen and oxygen atoms in total. The number of hydrogen-bond acceptors (Lipinski definition) is 5. The zero-order valence-corrected chi connectivity index (χ0v) is 10.3. The van der Waals surface area contributed by atoms with Gasteiger partial charge in [0, 0.05) is 11.9 Å². The average Bonchev–Trinajstić information content (AvgIpc) is 2.73. The quantitative estimate of drug-likeness (QED) is 0.908. The lowest BCUT2D eigenvalue weighted by molar-refractivity contribution is 0.416. The predicted octanol–water partition coefficient (Wildman–Crippen LogP) is 2.65. The predicted molar refractivity (Wildman–Crippen MR) is 64.4 cm³/mol. The SMILES string of the molecule is COc1ccc(Cl)cc1NCc1nnc(C)o1. The summed E-state index contributed by atoms with van der Waals surface area (Å²) >= 11 is 5.91. The number of nitrogens with zero attached hydrogens (tertiary/aromatic N) is 2. The summed E-state index contributed by atoms with van der Waals surface area (Å²) in [5.41, 5.74) is 0.788. The number of hydrogen-bond donors (Lipinski definition) is 1. The molecule has 90 valence electrons. The van der Waals surface area contributed by atoms with Gasteiger partial charge in [0.15, 0.2) is 0 Å². The minimum atomic E-state index is 0.428. The van der Waals surface area contributed by atoms with Gasteiger partial charge in [-0.3, -0.25) is 0 Å². The molecule has 1 heterocycles. The maximum absolute atomic E-state index is 5.91. The van der Waals surface area contributed by atoms with E-state index in [2.05, 4.69) is 15.5 Å². The fourth-order valence-corrected chi connectivity index (χ4v) is 1.57. The maximum Gasteiger partial charge on any atom is 0.235 e. The first kappa shape index (κ1) is 11.7. The molecule has 0 fully saturated rings. The Labute approximate surface area is 104 Å². The van der Waals surface area contributed by atoms with Crippen molar-refractivity contribution in [3.05, 3.63) is 35.0 Å². The second-order valence-electron chi connectivity index (χ2n) is 3.41. The molecular weight excluding hydrogens is 242 g/mol. The largest absolute Gasteiger partial charge is 0.495 e. The highest BCUT2D eigenvalue weighted by atomic mass is 35.5. The van der Waals surface area contributed by atoms with Gasteiger partial charge in [0.2, 0.25) is 11.8 Å². The van der Waals surface area contributed by atoms with Crippen LogP contribution in [0.4, 0.5) is 5.69 Å². The Morgan fingerprint density at radius 3 is 2.88 bits per heavy atom.